The smallest absolute Gasteiger partial charge is 0.306 e. The van der Waals surface area contributed by atoms with Crippen LogP contribution in [0.15, 0.2) is 28.9 Å². The lowest BCUT2D eigenvalue weighted by Crippen LogP contribution is -2.12. The van der Waals surface area contributed by atoms with Crippen molar-refractivity contribution in [3.8, 4) is 0 Å². The van der Waals surface area contributed by atoms with Crippen molar-refractivity contribution in [2.45, 2.75) is 58.5 Å². The van der Waals surface area contributed by atoms with Gasteiger partial charge in [0.05, 0.1) is 12.6 Å². The van der Waals surface area contributed by atoms with E-state index in [1.807, 2.05) is 6.92 Å². The third-order valence-electron chi connectivity index (χ3n) is 3.60. The Morgan fingerprint density at radius 3 is 2.71 bits per heavy atom. The molecular weight excluding hydrogens is 328 g/mol. The fourth-order valence-corrected chi connectivity index (χ4v) is 2.39. The highest BCUT2D eigenvalue weighted by molar-refractivity contribution is 6.29. The highest BCUT2D eigenvalue weighted by atomic mass is 35.5. The van der Waals surface area contributed by atoms with Gasteiger partial charge in [-0.25, -0.2) is 9.97 Å². The second-order valence-electron chi connectivity index (χ2n) is 6.67. The average molecular weight is 351 g/mol. The molecule has 0 spiro atoms. The Morgan fingerprint density at radius 2 is 2.12 bits per heavy atom. The van der Waals surface area contributed by atoms with Crippen molar-refractivity contribution in [2.24, 2.45) is 0 Å². The van der Waals surface area contributed by atoms with Crippen LogP contribution in [0.5, 0.6) is 0 Å². The van der Waals surface area contributed by atoms with Crippen LogP contribution in [0.3, 0.4) is 0 Å². The first-order valence-electron chi connectivity index (χ1n) is 8.05. The van der Waals surface area contributed by atoms with E-state index < -0.39 is 0 Å². The fourth-order valence-electron chi connectivity index (χ4n) is 2.20. The van der Waals surface area contributed by atoms with Gasteiger partial charge >= 0.3 is 5.97 Å². The van der Waals surface area contributed by atoms with Gasteiger partial charge < -0.3 is 9.15 Å². The Bertz CT molecular complexity index is 692. The summed E-state index contributed by atoms with van der Waals surface area (Å²) in [5, 5.41) is 0.386. The van der Waals surface area contributed by atoms with E-state index in [0.29, 0.717) is 23.9 Å². The highest BCUT2D eigenvalue weighted by Gasteiger charge is 2.20. The molecule has 6 heteroatoms. The number of esters is 1. The van der Waals surface area contributed by atoms with Crippen LogP contribution in [0.4, 0.5) is 0 Å². The number of hydrogen-bond acceptors (Lipinski definition) is 5. The standard InChI is InChI=1S/C18H23ClN2O3/c1-5-13(12-8-9-20-15(19)10-12)23-17(22)7-6-16-21-11-14(24-16)18(2,3)4/h8-11,13H,5-7H2,1-4H3. The van der Waals surface area contributed by atoms with Crippen LogP contribution in [-0.4, -0.2) is 15.9 Å². The summed E-state index contributed by atoms with van der Waals surface area (Å²) in [5.41, 5.74) is 0.747. The zero-order valence-electron chi connectivity index (χ0n) is 14.5. The second-order valence-corrected chi connectivity index (χ2v) is 7.05. The van der Waals surface area contributed by atoms with Crippen LogP contribution in [0.1, 0.15) is 63.9 Å². The second kappa shape index (κ2) is 7.79. The van der Waals surface area contributed by atoms with E-state index in [1.165, 1.54) is 0 Å². The summed E-state index contributed by atoms with van der Waals surface area (Å²) >= 11 is 5.89. The maximum Gasteiger partial charge on any atom is 0.306 e. The average Bonchev–Trinajstić information content (AvgIpc) is 3.00. The molecule has 2 aromatic rings. The first kappa shape index (κ1) is 18.5. The summed E-state index contributed by atoms with van der Waals surface area (Å²) in [6, 6.07) is 3.52. The summed E-state index contributed by atoms with van der Waals surface area (Å²) in [4.78, 5) is 20.3. The molecule has 24 heavy (non-hydrogen) atoms. The molecule has 1 unspecified atom stereocenters. The Hall–Kier alpha value is -1.88. The Morgan fingerprint density at radius 1 is 1.38 bits per heavy atom. The summed E-state index contributed by atoms with van der Waals surface area (Å²) in [5.74, 6) is 1.07. The van der Waals surface area contributed by atoms with Crippen molar-refractivity contribution in [2.75, 3.05) is 0 Å². The number of pyridine rings is 1. The molecule has 0 radical (unpaired) electrons. The van der Waals surface area contributed by atoms with Crippen molar-refractivity contribution in [3.05, 3.63) is 46.9 Å². The van der Waals surface area contributed by atoms with Gasteiger partial charge in [0.15, 0.2) is 5.89 Å². The normalized spacial score (nSPS) is 12.9. The largest absolute Gasteiger partial charge is 0.457 e. The first-order valence-corrected chi connectivity index (χ1v) is 8.43. The van der Waals surface area contributed by atoms with Gasteiger partial charge in [0.1, 0.15) is 17.0 Å². The molecule has 0 aliphatic heterocycles. The molecule has 0 aromatic carbocycles. The van der Waals surface area contributed by atoms with Gasteiger partial charge in [-0.3, -0.25) is 4.79 Å². The quantitative estimate of drug-likeness (QED) is 0.560. The molecule has 2 rings (SSSR count). The minimum Gasteiger partial charge on any atom is -0.457 e. The predicted octanol–water partition coefficient (Wildman–Crippen LogP) is 4.65. The van der Waals surface area contributed by atoms with Gasteiger partial charge in [0.25, 0.3) is 0 Å². The first-order chi connectivity index (χ1) is 11.3. The van der Waals surface area contributed by atoms with E-state index in [2.05, 4.69) is 30.7 Å². The predicted molar refractivity (Wildman–Crippen MR) is 91.9 cm³/mol. The molecule has 0 saturated carbocycles. The van der Waals surface area contributed by atoms with Crippen LogP contribution >= 0.6 is 11.6 Å². The number of nitrogens with zero attached hydrogens (tertiary/aromatic N) is 2. The van der Waals surface area contributed by atoms with Crippen LogP contribution < -0.4 is 0 Å². The Balaban J connectivity index is 1.91. The summed E-state index contributed by atoms with van der Waals surface area (Å²) in [7, 11) is 0. The van der Waals surface area contributed by atoms with Gasteiger partial charge in [-0.2, -0.15) is 0 Å². The molecule has 0 fully saturated rings. The van der Waals surface area contributed by atoms with Crippen molar-refractivity contribution in [1.82, 2.24) is 9.97 Å². The van der Waals surface area contributed by atoms with E-state index in [-0.39, 0.29) is 23.9 Å². The lowest BCUT2D eigenvalue weighted by Gasteiger charge is -2.16. The number of carbonyl (C=O) groups is 1. The van der Waals surface area contributed by atoms with Gasteiger partial charge in [-0.15, -0.1) is 0 Å². The lowest BCUT2D eigenvalue weighted by molar-refractivity contribution is -0.149. The molecule has 0 bridgehead atoms. The molecule has 0 N–H and O–H groups in total. The molecule has 0 aliphatic carbocycles. The molecule has 1 atom stereocenters. The zero-order valence-corrected chi connectivity index (χ0v) is 15.3. The number of aryl methyl sites for hydroxylation is 1. The van der Waals surface area contributed by atoms with Crippen molar-refractivity contribution >= 4 is 17.6 Å². The van der Waals surface area contributed by atoms with Crippen molar-refractivity contribution in [3.63, 3.8) is 0 Å². The molecule has 2 heterocycles. The molecule has 130 valence electrons. The van der Waals surface area contributed by atoms with Crippen molar-refractivity contribution < 1.29 is 13.9 Å². The third-order valence-corrected chi connectivity index (χ3v) is 3.81. The molecular formula is C18H23ClN2O3. The molecule has 0 saturated heterocycles. The number of hydrogen-bond donors (Lipinski definition) is 0. The van der Waals surface area contributed by atoms with Crippen LogP contribution in [0, 0.1) is 0 Å². The highest BCUT2D eigenvalue weighted by Crippen LogP contribution is 2.25. The number of rotatable bonds is 6. The van der Waals surface area contributed by atoms with Crippen molar-refractivity contribution in [1.29, 1.82) is 0 Å². The third kappa shape index (κ3) is 5.06. The fraction of sp³-hybridized carbons (Fsp3) is 0.500. The minimum atomic E-state index is -0.326. The number of ether oxygens (including phenoxy) is 1. The number of carbonyl (C=O) groups excluding carboxylic acids is 1. The maximum atomic E-state index is 12.1. The van der Waals surface area contributed by atoms with E-state index in [0.717, 1.165) is 11.3 Å². The van der Waals surface area contributed by atoms with Crippen LogP contribution in [-0.2, 0) is 21.4 Å². The number of aromatic nitrogens is 2. The number of halogens is 1. The van der Waals surface area contributed by atoms with Gasteiger partial charge in [0.2, 0.25) is 0 Å². The minimum absolute atomic E-state index is 0.0975. The molecule has 2 aromatic heterocycles. The monoisotopic (exact) mass is 350 g/mol. The Kier molecular flexibility index (Phi) is 5.99. The van der Waals surface area contributed by atoms with Gasteiger partial charge in [-0.05, 0) is 24.1 Å². The molecule has 5 nitrogen and oxygen atoms in total. The van der Waals surface area contributed by atoms with Gasteiger partial charge in [-0.1, -0.05) is 39.3 Å². The Labute approximate surface area is 147 Å². The SMILES string of the molecule is CCC(OC(=O)CCc1ncc(C(C)(C)C)o1)c1ccnc(Cl)c1. The van der Waals surface area contributed by atoms with Crippen LogP contribution in [0.25, 0.3) is 0 Å². The lowest BCUT2D eigenvalue weighted by atomic mass is 9.94. The summed E-state index contributed by atoms with van der Waals surface area (Å²) < 4.78 is 11.2. The van der Waals surface area contributed by atoms with Crippen LogP contribution in [0.2, 0.25) is 5.15 Å². The zero-order chi connectivity index (χ0) is 17.7. The van der Waals surface area contributed by atoms with Gasteiger partial charge in [0, 0.05) is 18.0 Å². The summed E-state index contributed by atoms with van der Waals surface area (Å²) in [6.07, 6.45) is 4.30. The maximum absolute atomic E-state index is 12.1. The topological polar surface area (TPSA) is 65.2 Å². The summed E-state index contributed by atoms with van der Waals surface area (Å²) in [6.45, 7) is 8.11. The van der Waals surface area contributed by atoms with E-state index in [9.17, 15) is 4.79 Å². The van der Waals surface area contributed by atoms with E-state index >= 15 is 0 Å². The van der Waals surface area contributed by atoms with E-state index in [4.69, 9.17) is 20.8 Å². The molecule has 0 aliphatic rings. The number of oxazole rings is 1. The van der Waals surface area contributed by atoms with E-state index in [1.54, 1.807) is 24.5 Å². The molecule has 0 amide bonds.